The Hall–Kier alpha value is -2.93. The number of rotatable bonds is 5. The fourth-order valence-electron chi connectivity index (χ4n) is 2.16. The van der Waals surface area contributed by atoms with Crippen LogP contribution in [0.5, 0.6) is 0 Å². The van der Waals surface area contributed by atoms with Crippen molar-refractivity contribution in [1.29, 1.82) is 0 Å². The molecule has 1 heterocycles. The number of hydrogen-bond acceptors (Lipinski definition) is 5. The standard InChI is InChI=1S/C19H15BrN2O4/c20-16-11-22(19(24)26-13-15-9-5-2-6-10-15)21-17(16)18(23)25-12-14-7-3-1-4-8-14/h1-11H,12-13H2. The second-order valence-electron chi connectivity index (χ2n) is 5.37. The van der Waals surface area contributed by atoms with Gasteiger partial charge in [0.1, 0.15) is 13.2 Å². The molecule has 3 aromatic rings. The van der Waals surface area contributed by atoms with Gasteiger partial charge in [-0.1, -0.05) is 60.7 Å². The second kappa shape index (κ2) is 8.44. The Kier molecular flexibility index (Phi) is 5.80. The molecule has 26 heavy (non-hydrogen) atoms. The van der Waals surface area contributed by atoms with Crippen molar-refractivity contribution in [3.8, 4) is 0 Å². The summed E-state index contributed by atoms with van der Waals surface area (Å²) < 4.78 is 11.7. The van der Waals surface area contributed by atoms with Crippen LogP contribution >= 0.6 is 15.9 Å². The highest BCUT2D eigenvalue weighted by Gasteiger charge is 2.20. The van der Waals surface area contributed by atoms with E-state index in [1.165, 1.54) is 6.20 Å². The Balaban J connectivity index is 1.60. The van der Waals surface area contributed by atoms with Crippen LogP contribution in [0.25, 0.3) is 0 Å². The maximum atomic E-state index is 12.2. The average molecular weight is 415 g/mol. The molecule has 0 saturated carbocycles. The number of nitrogens with zero attached hydrogens (tertiary/aromatic N) is 2. The number of hydrogen-bond donors (Lipinski definition) is 0. The van der Waals surface area contributed by atoms with Crippen LogP contribution in [-0.2, 0) is 22.7 Å². The van der Waals surface area contributed by atoms with Gasteiger partial charge in [0.15, 0.2) is 5.69 Å². The number of halogens is 1. The molecule has 0 aliphatic rings. The van der Waals surface area contributed by atoms with Crippen molar-refractivity contribution < 1.29 is 19.1 Å². The van der Waals surface area contributed by atoms with E-state index in [0.717, 1.165) is 15.8 Å². The maximum absolute atomic E-state index is 12.2. The Bertz CT molecular complexity index is 894. The molecule has 6 nitrogen and oxygen atoms in total. The van der Waals surface area contributed by atoms with Gasteiger partial charge in [-0.05, 0) is 27.1 Å². The van der Waals surface area contributed by atoms with Gasteiger partial charge in [-0.3, -0.25) is 0 Å². The van der Waals surface area contributed by atoms with E-state index in [1.807, 2.05) is 60.7 Å². The molecule has 0 bridgehead atoms. The summed E-state index contributed by atoms with van der Waals surface area (Å²) in [5, 5.41) is 3.95. The predicted octanol–water partition coefficient (Wildman–Crippen LogP) is 4.19. The Morgan fingerprint density at radius 2 is 1.42 bits per heavy atom. The zero-order chi connectivity index (χ0) is 18.4. The van der Waals surface area contributed by atoms with Gasteiger partial charge in [0.25, 0.3) is 0 Å². The van der Waals surface area contributed by atoms with Crippen molar-refractivity contribution in [1.82, 2.24) is 9.78 Å². The molecule has 0 spiro atoms. The van der Waals surface area contributed by atoms with Crippen LogP contribution in [0.4, 0.5) is 4.79 Å². The lowest BCUT2D eigenvalue weighted by Crippen LogP contribution is -2.15. The van der Waals surface area contributed by atoms with Crippen molar-refractivity contribution in [2.45, 2.75) is 13.2 Å². The Morgan fingerprint density at radius 3 is 2.00 bits per heavy atom. The van der Waals surface area contributed by atoms with E-state index in [1.54, 1.807) is 0 Å². The van der Waals surface area contributed by atoms with Crippen LogP contribution in [0.3, 0.4) is 0 Å². The molecule has 0 unspecified atom stereocenters. The van der Waals surface area contributed by atoms with Crippen molar-refractivity contribution in [3.63, 3.8) is 0 Å². The van der Waals surface area contributed by atoms with E-state index in [4.69, 9.17) is 9.47 Å². The first-order valence-corrected chi connectivity index (χ1v) is 8.60. The molecule has 0 atom stereocenters. The molecule has 7 heteroatoms. The highest BCUT2D eigenvalue weighted by atomic mass is 79.9. The third-order valence-electron chi connectivity index (χ3n) is 3.47. The van der Waals surface area contributed by atoms with Gasteiger partial charge in [-0.25, -0.2) is 9.59 Å². The lowest BCUT2D eigenvalue weighted by molar-refractivity contribution is 0.0464. The molecule has 132 valence electrons. The van der Waals surface area contributed by atoms with Gasteiger partial charge >= 0.3 is 12.1 Å². The van der Waals surface area contributed by atoms with Crippen LogP contribution in [0.2, 0.25) is 0 Å². The quantitative estimate of drug-likeness (QED) is 0.585. The van der Waals surface area contributed by atoms with E-state index < -0.39 is 12.1 Å². The molecule has 0 amide bonds. The number of esters is 1. The topological polar surface area (TPSA) is 70.4 Å². The SMILES string of the molecule is O=C(OCc1ccccc1)c1nn(C(=O)OCc2ccccc2)cc1Br. The van der Waals surface area contributed by atoms with Crippen molar-refractivity contribution in [3.05, 3.63) is 88.2 Å². The Morgan fingerprint density at radius 1 is 0.885 bits per heavy atom. The summed E-state index contributed by atoms with van der Waals surface area (Å²) in [6.45, 7) is 0.238. The highest BCUT2D eigenvalue weighted by molar-refractivity contribution is 9.10. The van der Waals surface area contributed by atoms with E-state index in [0.29, 0.717) is 4.47 Å². The van der Waals surface area contributed by atoms with Crippen LogP contribution < -0.4 is 0 Å². The zero-order valence-corrected chi connectivity index (χ0v) is 15.3. The summed E-state index contributed by atoms with van der Waals surface area (Å²) in [4.78, 5) is 24.3. The molecular weight excluding hydrogens is 400 g/mol. The minimum Gasteiger partial charge on any atom is -0.456 e. The molecule has 0 aliphatic heterocycles. The van der Waals surface area contributed by atoms with E-state index in [2.05, 4.69) is 21.0 Å². The van der Waals surface area contributed by atoms with Crippen LogP contribution in [0, 0.1) is 0 Å². The molecule has 0 aliphatic carbocycles. The van der Waals surface area contributed by atoms with Crippen molar-refractivity contribution in [2.24, 2.45) is 0 Å². The fraction of sp³-hybridized carbons (Fsp3) is 0.105. The summed E-state index contributed by atoms with van der Waals surface area (Å²) >= 11 is 3.22. The van der Waals surface area contributed by atoms with E-state index in [-0.39, 0.29) is 18.9 Å². The average Bonchev–Trinajstić information content (AvgIpc) is 3.08. The number of benzene rings is 2. The van der Waals surface area contributed by atoms with Crippen LogP contribution in [-0.4, -0.2) is 21.8 Å². The number of aromatic nitrogens is 2. The number of ether oxygens (including phenoxy) is 2. The normalized spacial score (nSPS) is 10.3. The first-order chi connectivity index (χ1) is 12.6. The van der Waals surface area contributed by atoms with Gasteiger partial charge in [-0.15, -0.1) is 0 Å². The van der Waals surface area contributed by atoms with Crippen molar-refractivity contribution >= 4 is 28.0 Å². The highest BCUT2D eigenvalue weighted by Crippen LogP contribution is 2.17. The minimum atomic E-state index is -0.684. The second-order valence-corrected chi connectivity index (χ2v) is 6.23. The molecular formula is C19H15BrN2O4. The van der Waals surface area contributed by atoms with Gasteiger partial charge in [-0.2, -0.15) is 9.78 Å². The van der Waals surface area contributed by atoms with Crippen LogP contribution in [0.1, 0.15) is 21.6 Å². The Labute approximate surface area is 158 Å². The molecule has 1 aromatic heterocycles. The van der Waals surface area contributed by atoms with E-state index >= 15 is 0 Å². The summed E-state index contributed by atoms with van der Waals surface area (Å²) in [6.07, 6.45) is 0.684. The summed E-state index contributed by atoms with van der Waals surface area (Å²) in [7, 11) is 0. The third-order valence-corrected chi connectivity index (χ3v) is 4.05. The molecule has 0 fully saturated rings. The predicted molar refractivity (Wildman–Crippen MR) is 97.5 cm³/mol. The molecule has 0 N–H and O–H groups in total. The molecule has 0 saturated heterocycles. The first kappa shape index (κ1) is 17.9. The first-order valence-electron chi connectivity index (χ1n) is 7.81. The maximum Gasteiger partial charge on any atom is 0.435 e. The number of carbonyl (C=O) groups excluding carboxylic acids is 2. The summed E-state index contributed by atoms with van der Waals surface area (Å²) in [6, 6.07) is 18.6. The lowest BCUT2D eigenvalue weighted by Gasteiger charge is -2.04. The van der Waals surface area contributed by atoms with E-state index in [9.17, 15) is 9.59 Å². The van der Waals surface area contributed by atoms with Crippen LogP contribution in [0.15, 0.2) is 71.3 Å². The number of carbonyl (C=O) groups is 2. The monoisotopic (exact) mass is 414 g/mol. The third kappa shape index (κ3) is 4.58. The minimum absolute atomic E-state index is 0.0117. The summed E-state index contributed by atoms with van der Waals surface area (Å²) in [5.74, 6) is -0.629. The molecule has 0 radical (unpaired) electrons. The molecule has 2 aromatic carbocycles. The van der Waals surface area contributed by atoms with Gasteiger partial charge in [0.2, 0.25) is 0 Å². The van der Waals surface area contributed by atoms with Gasteiger partial charge < -0.3 is 9.47 Å². The van der Waals surface area contributed by atoms with Gasteiger partial charge in [0, 0.05) is 0 Å². The van der Waals surface area contributed by atoms with Crippen molar-refractivity contribution in [2.75, 3.05) is 0 Å². The summed E-state index contributed by atoms with van der Waals surface area (Å²) in [5.41, 5.74) is 1.73. The largest absolute Gasteiger partial charge is 0.456 e. The smallest absolute Gasteiger partial charge is 0.435 e. The zero-order valence-electron chi connectivity index (χ0n) is 13.7. The lowest BCUT2D eigenvalue weighted by atomic mass is 10.2. The molecule has 3 rings (SSSR count). The fourth-order valence-corrected chi connectivity index (χ4v) is 2.60. The van der Waals surface area contributed by atoms with Gasteiger partial charge in [0.05, 0.1) is 10.7 Å².